The van der Waals surface area contributed by atoms with E-state index in [1.54, 1.807) is 0 Å². The van der Waals surface area contributed by atoms with Gasteiger partial charge in [0.15, 0.2) is 6.29 Å². The molecule has 3 atom stereocenters. The Bertz CT molecular complexity index is 319. The van der Waals surface area contributed by atoms with E-state index >= 15 is 0 Å². The normalized spacial score (nSPS) is 36.9. The summed E-state index contributed by atoms with van der Waals surface area (Å²) >= 11 is 0. The van der Waals surface area contributed by atoms with Crippen molar-refractivity contribution in [2.45, 2.75) is 77.6 Å². The van der Waals surface area contributed by atoms with Gasteiger partial charge in [0.05, 0.1) is 18.8 Å². The van der Waals surface area contributed by atoms with E-state index in [2.05, 4.69) is 19.9 Å². The quantitative estimate of drug-likeness (QED) is 0.770. The molecule has 2 rings (SSSR count). The van der Waals surface area contributed by atoms with Crippen LogP contribution in [0.1, 0.15) is 65.2 Å². The highest BCUT2D eigenvalue weighted by Gasteiger charge is 2.45. The number of hydrogen-bond donors (Lipinski definition) is 0. The lowest BCUT2D eigenvalue weighted by Gasteiger charge is -2.44. The van der Waals surface area contributed by atoms with Crippen LogP contribution in [0.5, 0.6) is 0 Å². The molecule has 1 aliphatic carbocycles. The van der Waals surface area contributed by atoms with Crippen LogP contribution in [0, 0.1) is 22.7 Å². The molecule has 3 nitrogen and oxygen atoms in total. The van der Waals surface area contributed by atoms with Gasteiger partial charge in [0.25, 0.3) is 0 Å². The minimum Gasteiger partial charge on any atom is -0.351 e. The highest BCUT2D eigenvalue weighted by Crippen LogP contribution is 2.40. The Morgan fingerprint density at radius 2 is 1.95 bits per heavy atom. The second-order valence-electron chi connectivity index (χ2n) is 6.11. The van der Waals surface area contributed by atoms with Gasteiger partial charge < -0.3 is 9.47 Å². The summed E-state index contributed by atoms with van der Waals surface area (Å²) in [6.07, 6.45) is 9.19. The third kappa shape index (κ3) is 3.12. The first kappa shape index (κ1) is 14.8. The van der Waals surface area contributed by atoms with Crippen LogP contribution >= 0.6 is 0 Å². The number of hydrogen-bond acceptors (Lipinski definition) is 3. The van der Waals surface area contributed by atoms with Crippen molar-refractivity contribution in [2.24, 2.45) is 11.3 Å². The van der Waals surface area contributed by atoms with Gasteiger partial charge in [-0.3, -0.25) is 0 Å². The summed E-state index contributed by atoms with van der Waals surface area (Å²) in [5.74, 6) is 0.543. The lowest BCUT2D eigenvalue weighted by Crippen LogP contribution is -2.50. The SMILES string of the molecule is CCCC1OC(C2CCCCC2)OCC1(C#N)CC. The number of nitriles is 1. The molecule has 3 heteroatoms. The van der Waals surface area contributed by atoms with Gasteiger partial charge in [-0.05, 0) is 25.7 Å². The maximum Gasteiger partial charge on any atom is 0.160 e. The largest absolute Gasteiger partial charge is 0.351 e. The average molecular weight is 265 g/mol. The predicted octanol–water partition coefficient (Wildman–Crippen LogP) is 4.03. The Balaban J connectivity index is 2.03. The van der Waals surface area contributed by atoms with Gasteiger partial charge in [-0.15, -0.1) is 0 Å². The molecule has 0 spiro atoms. The Morgan fingerprint density at radius 3 is 2.53 bits per heavy atom. The lowest BCUT2D eigenvalue weighted by atomic mass is 9.78. The smallest absolute Gasteiger partial charge is 0.160 e. The molecule has 2 fully saturated rings. The van der Waals surface area contributed by atoms with Crippen molar-refractivity contribution >= 4 is 0 Å². The van der Waals surface area contributed by atoms with Crippen LogP contribution in [0.2, 0.25) is 0 Å². The molecule has 3 unspecified atom stereocenters. The monoisotopic (exact) mass is 265 g/mol. The molecule has 0 bridgehead atoms. The van der Waals surface area contributed by atoms with Crippen molar-refractivity contribution in [2.75, 3.05) is 6.61 Å². The molecule has 0 aromatic heterocycles. The first-order chi connectivity index (χ1) is 9.25. The predicted molar refractivity (Wildman–Crippen MR) is 74.4 cm³/mol. The third-order valence-electron chi connectivity index (χ3n) is 4.86. The van der Waals surface area contributed by atoms with Crippen molar-refractivity contribution < 1.29 is 9.47 Å². The molecule has 0 radical (unpaired) electrons. The minimum atomic E-state index is -0.429. The van der Waals surface area contributed by atoms with Gasteiger partial charge in [-0.25, -0.2) is 0 Å². The fourth-order valence-corrected chi connectivity index (χ4v) is 3.43. The van der Waals surface area contributed by atoms with E-state index in [0.717, 1.165) is 19.3 Å². The van der Waals surface area contributed by atoms with Crippen molar-refractivity contribution in [1.29, 1.82) is 5.26 Å². The van der Waals surface area contributed by atoms with Gasteiger partial charge in [-0.1, -0.05) is 39.5 Å². The van der Waals surface area contributed by atoms with Crippen molar-refractivity contribution in [3.63, 3.8) is 0 Å². The van der Waals surface area contributed by atoms with Crippen LogP contribution in [0.25, 0.3) is 0 Å². The van der Waals surface area contributed by atoms with Gasteiger partial charge in [0.1, 0.15) is 5.41 Å². The fraction of sp³-hybridized carbons (Fsp3) is 0.938. The summed E-state index contributed by atoms with van der Waals surface area (Å²) in [5, 5.41) is 9.53. The van der Waals surface area contributed by atoms with E-state index in [4.69, 9.17) is 9.47 Å². The van der Waals surface area contributed by atoms with Crippen molar-refractivity contribution in [3.05, 3.63) is 0 Å². The van der Waals surface area contributed by atoms with E-state index in [1.807, 2.05) is 0 Å². The molecule has 1 heterocycles. The molecule has 0 aromatic rings. The molecule has 0 N–H and O–H groups in total. The standard InChI is InChI=1S/C16H27NO2/c1-3-8-14-16(4-2,11-17)12-18-15(19-14)13-9-6-5-7-10-13/h13-15H,3-10,12H2,1-2H3. The molecule has 19 heavy (non-hydrogen) atoms. The van der Waals surface area contributed by atoms with Gasteiger partial charge >= 0.3 is 0 Å². The van der Waals surface area contributed by atoms with Crippen molar-refractivity contribution in [1.82, 2.24) is 0 Å². The van der Waals surface area contributed by atoms with E-state index < -0.39 is 5.41 Å². The first-order valence-electron chi connectivity index (χ1n) is 7.94. The minimum absolute atomic E-state index is 0.0492. The molecule has 1 aliphatic heterocycles. The van der Waals surface area contributed by atoms with Crippen LogP contribution in [0.15, 0.2) is 0 Å². The molecule has 1 saturated heterocycles. The summed E-state index contributed by atoms with van der Waals surface area (Å²) in [7, 11) is 0. The summed E-state index contributed by atoms with van der Waals surface area (Å²) in [5.41, 5.74) is -0.429. The van der Waals surface area contributed by atoms with E-state index in [9.17, 15) is 5.26 Å². The van der Waals surface area contributed by atoms with Gasteiger partial charge in [-0.2, -0.15) is 5.26 Å². The second kappa shape index (κ2) is 6.72. The summed E-state index contributed by atoms with van der Waals surface area (Å²) in [6, 6.07) is 2.48. The van der Waals surface area contributed by atoms with Crippen LogP contribution < -0.4 is 0 Å². The summed E-state index contributed by atoms with van der Waals surface area (Å²) < 4.78 is 12.2. The van der Waals surface area contributed by atoms with Gasteiger partial charge in [0.2, 0.25) is 0 Å². The zero-order valence-corrected chi connectivity index (χ0v) is 12.4. The first-order valence-corrected chi connectivity index (χ1v) is 7.94. The van der Waals surface area contributed by atoms with E-state index in [1.165, 1.54) is 32.1 Å². The highest BCUT2D eigenvalue weighted by atomic mass is 16.7. The topological polar surface area (TPSA) is 42.2 Å². The van der Waals surface area contributed by atoms with Crippen molar-refractivity contribution in [3.8, 4) is 6.07 Å². The average Bonchev–Trinajstić information content (AvgIpc) is 2.49. The second-order valence-corrected chi connectivity index (χ2v) is 6.11. The Morgan fingerprint density at radius 1 is 1.21 bits per heavy atom. The van der Waals surface area contributed by atoms with Crippen LogP contribution in [0.4, 0.5) is 0 Å². The highest BCUT2D eigenvalue weighted by molar-refractivity contribution is 5.05. The van der Waals surface area contributed by atoms with Crippen LogP contribution in [0.3, 0.4) is 0 Å². The van der Waals surface area contributed by atoms with E-state index in [-0.39, 0.29) is 12.4 Å². The molecular formula is C16H27NO2. The Kier molecular flexibility index (Phi) is 5.24. The molecule has 108 valence electrons. The van der Waals surface area contributed by atoms with Crippen LogP contribution in [-0.4, -0.2) is 19.0 Å². The van der Waals surface area contributed by atoms with E-state index in [0.29, 0.717) is 12.5 Å². The summed E-state index contributed by atoms with van der Waals surface area (Å²) in [4.78, 5) is 0. The number of ether oxygens (including phenoxy) is 2. The number of nitrogens with zero attached hydrogens (tertiary/aromatic N) is 1. The van der Waals surface area contributed by atoms with Gasteiger partial charge in [0, 0.05) is 5.92 Å². The fourth-order valence-electron chi connectivity index (χ4n) is 3.43. The zero-order chi connectivity index (χ0) is 13.7. The molecule has 1 saturated carbocycles. The lowest BCUT2D eigenvalue weighted by molar-refractivity contribution is -0.277. The third-order valence-corrected chi connectivity index (χ3v) is 4.86. The Labute approximate surface area is 117 Å². The molecular weight excluding hydrogens is 238 g/mol. The van der Waals surface area contributed by atoms with Crippen LogP contribution in [-0.2, 0) is 9.47 Å². The molecule has 0 amide bonds. The number of rotatable bonds is 4. The maximum absolute atomic E-state index is 9.53. The molecule has 0 aromatic carbocycles. The molecule has 2 aliphatic rings. The summed E-state index contributed by atoms with van der Waals surface area (Å²) in [6.45, 7) is 4.78. The zero-order valence-electron chi connectivity index (χ0n) is 12.4. The maximum atomic E-state index is 9.53. The Hall–Kier alpha value is -0.590.